The number of carbonyl (C=O) groups excluding carboxylic acids is 1. The minimum absolute atomic E-state index is 0.0157. The molecule has 2 aromatic rings. The molecule has 0 unspecified atom stereocenters. The van der Waals surface area contributed by atoms with Crippen molar-refractivity contribution in [2.24, 2.45) is 0 Å². The van der Waals surface area contributed by atoms with Gasteiger partial charge in [0.05, 0.1) is 11.5 Å². The van der Waals surface area contributed by atoms with Crippen molar-refractivity contribution >= 4 is 15.7 Å². The fourth-order valence-corrected chi connectivity index (χ4v) is 5.03. The highest BCUT2D eigenvalue weighted by Gasteiger charge is 2.20. The molecule has 1 aliphatic heterocycles. The van der Waals surface area contributed by atoms with Crippen LogP contribution in [0, 0.1) is 13.8 Å². The molecular formula is C21H25NO3S. The highest BCUT2D eigenvalue weighted by molar-refractivity contribution is 7.89. The van der Waals surface area contributed by atoms with Crippen LogP contribution in [0.4, 0.5) is 0 Å². The van der Waals surface area contributed by atoms with Gasteiger partial charge in [-0.15, -0.1) is 0 Å². The van der Waals surface area contributed by atoms with Gasteiger partial charge < -0.3 is 4.90 Å². The lowest BCUT2D eigenvalue weighted by atomic mass is 10.1. The first kappa shape index (κ1) is 18.6. The molecule has 0 radical (unpaired) electrons. The molecule has 26 heavy (non-hydrogen) atoms. The Balaban J connectivity index is 1.68. The first-order valence-electron chi connectivity index (χ1n) is 8.98. The minimum Gasteiger partial charge on any atom is -0.339 e. The number of aryl methyl sites for hydroxylation is 2. The summed E-state index contributed by atoms with van der Waals surface area (Å²) in [4.78, 5) is 14.2. The molecule has 0 aromatic heterocycles. The molecule has 0 spiro atoms. The fourth-order valence-electron chi connectivity index (χ4n) is 3.56. The maximum absolute atomic E-state index is 12.5. The van der Waals surface area contributed by atoms with E-state index in [-0.39, 0.29) is 17.4 Å². The number of hydrogen-bond acceptors (Lipinski definition) is 3. The molecule has 0 saturated carbocycles. The third-order valence-electron chi connectivity index (χ3n) is 4.65. The van der Waals surface area contributed by atoms with Gasteiger partial charge in [-0.2, -0.15) is 0 Å². The van der Waals surface area contributed by atoms with E-state index in [9.17, 15) is 13.2 Å². The second-order valence-corrected chi connectivity index (χ2v) is 9.29. The van der Waals surface area contributed by atoms with Crippen LogP contribution < -0.4 is 0 Å². The van der Waals surface area contributed by atoms with E-state index >= 15 is 0 Å². The summed E-state index contributed by atoms with van der Waals surface area (Å²) in [7, 11) is -3.27. The van der Waals surface area contributed by atoms with Gasteiger partial charge >= 0.3 is 0 Å². The molecule has 0 aliphatic carbocycles. The summed E-state index contributed by atoms with van der Waals surface area (Å²) in [6.45, 7) is 5.56. The third kappa shape index (κ3) is 4.73. The lowest BCUT2D eigenvalue weighted by Crippen LogP contribution is -2.27. The van der Waals surface area contributed by atoms with Crippen LogP contribution in [0.25, 0.3) is 0 Å². The molecule has 138 valence electrons. The first-order valence-corrected chi connectivity index (χ1v) is 10.8. The molecule has 5 heteroatoms. The average molecular weight is 372 g/mol. The predicted molar refractivity (Wildman–Crippen MR) is 104 cm³/mol. The number of benzene rings is 2. The summed E-state index contributed by atoms with van der Waals surface area (Å²) >= 11 is 0. The number of likely N-dealkylation sites (tertiary alicyclic amines) is 1. The van der Waals surface area contributed by atoms with Crippen LogP contribution >= 0.6 is 0 Å². The van der Waals surface area contributed by atoms with Gasteiger partial charge in [0.2, 0.25) is 0 Å². The van der Waals surface area contributed by atoms with Crippen LogP contribution in [-0.2, 0) is 21.3 Å². The zero-order valence-electron chi connectivity index (χ0n) is 15.4. The molecule has 1 heterocycles. The van der Waals surface area contributed by atoms with Crippen LogP contribution in [-0.4, -0.2) is 32.3 Å². The van der Waals surface area contributed by atoms with Gasteiger partial charge in [-0.1, -0.05) is 41.5 Å². The van der Waals surface area contributed by atoms with Crippen molar-refractivity contribution in [1.29, 1.82) is 0 Å². The molecule has 2 aromatic carbocycles. The Labute approximate surface area is 155 Å². The molecule has 1 fully saturated rings. The summed E-state index contributed by atoms with van der Waals surface area (Å²) in [6, 6.07) is 12.9. The van der Waals surface area contributed by atoms with E-state index in [0.29, 0.717) is 11.1 Å². The topological polar surface area (TPSA) is 54.5 Å². The maximum Gasteiger partial charge on any atom is 0.253 e. The van der Waals surface area contributed by atoms with Gasteiger partial charge in [-0.05, 0) is 49.9 Å². The Hall–Kier alpha value is -2.14. The Morgan fingerprint density at radius 1 is 0.885 bits per heavy atom. The molecule has 0 bridgehead atoms. The quantitative estimate of drug-likeness (QED) is 0.806. The van der Waals surface area contributed by atoms with Gasteiger partial charge in [0.15, 0.2) is 9.84 Å². The molecule has 1 saturated heterocycles. The smallest absolute Gasteiger partial charge is 0.253 e. The van der Waals surface area contributed by atoms with Crippen LogP contribution in [0.1, 0.15) is 45.5 Å². The zero-order chi connectivity index (χ0) is 18.7. The summed E-state index contributed by atoms with van der Waals surface area (Å²) < 4.78 is 25.1. The normalized spacial score (nSPS) is 14.6. The van der Waals surface area contributed by atoms with Crippen LogP contribution in [0.15, 0.2) is 42.5 Å². The number of carbonyl (C=O) groups is 1. The summed E-state index contributed by atoms with van der Waals surface area (Å²) in [5.74, 6) is 0.0504. The highest BCUT2D eigenvalue weighted by Crippen LogP contribution is 2.17. The number of rotatable bonds is 5. The molecule has 0 N–H and O–H groups in total. The van der Waals surface area contributed by atoms with E-state index in [4.69, 9.17) is 0 Å². The standard InChI is InChI=1S/C21H25NO3S/c1-16-11-17(2)13-19(12-16)15-26(24,25)14-18-5-7-20(8-6-18)21(23)22-9-3-4-10-22/h5-8,11-13H,3-4,9-10,14-15H2,1-2H3. The van der Waals surface area contributed by atoms with E-state index in [2.05, 4.69) is 0 Å². The number of nitrogens with zero attached hydrogens (tertiary/aromatic N) is 1. The average Bonchev–Trinajstić information content (AvgIpc) is 3.07. The van der Waals surface area contributed by atoms with Gasteiger partial charge in [0.1, 0.15) is 0 Å². The second kappa shape index (κ2) is 7.62. The zero-order valence-corrected chi connectivity index (χ0v) is 16.2. The van der Waals surface area contributed by atoms with Gasteiger partial charge in [-0.25, -0.2) is 8.42 Å². The molecule has 1 amide bonds. The van der Waals surface area contributed by atoms with E-state index < -0.39 is 9.84 Å². The monoisotopic (exact) mass is 371 g/mol. The molecule has 4 nitrogen and oxygen atoms in total. The lowest BCUT2D eigenvalue weighted by molar-refractivity contribution is 0.0793. The van der Waals surface area contributed by atoms with E-state index in [0.717, 1.165) is 42.6 Å². The molecule has 0 atom stereocenters. The van der Waals surface area contributed by atoms with Gasteiger partial charge in [0, 0.05) is 18.7 Å². The second-order valence-electron chi connectivity index (χ2n) is 7.22. The lowest BCUT2D eigenvalue weighted by Gasteiger charge is -2.15. The number of sulfone groups is 1. The maximum atomic E-state index is 12.5. The largest absolute Gasteiger partial charge is 0.339 e. The fraction of sp³-hybridized carbons (Fsp3) is 0.381. The van der Waals surface area contributed by atoms with Crippen molar-refractivity contribution in [1.82, 2.24) is 4.90 Å². The SMILES string of the molecule is Cc1cc(C)cc(CS(=O)(=O)Cc2ccc(C(=O)N3CCCC3)cc2)c1. The summed E-state index contributed by atoms with van der Waals surface area (Å²) in [6.07, 6.45) is 2.11. The Morgan fingerprint density at radius 2 is 1.42 bits per heavy atom. The van der Waals surface area contributed by atoms with Gasteiger partial charge in [-0.3, -0.25) is 4.79 Å². The van der Waals surface area contributed by atoms with Crippen LogP contribution in [0.3, 0.4) is 0 Å². The summed E-state index contributed by atoms with van der Waals surface area (Å²) in [5.41, 5.74) is 4.30. The minimum atomic E-state index is -3.27. The van der Waals surface area contributed by atoms with Crippen molar-refractivity contribution in [3.63, 3.8) is 0 Å². The third-order valence-corrected chi connectivity index (χ3v) is 6.20. The summed E-state index contributed by atoms with van der Waals surface area (Å²) in [5, 5.41) is 0. The Bertz CT molecular complexity index is 875. The predicted octanol–water partition coefficient (Wildman–Crippen LogP) is 3.65. The van der Waals surface area contributed by atoms with Crippen molar-refractivity contribution in [2.75, 3.05) is 13.1 Å². The van der Waals surface area contributed by atoms with Gasteiger partial charge in [0.25, 0.3) is 5.91 Å². The van der Waals surface area contributed by atoms with Crippen molar-refractivity contribution in [3.8, 4) is 0 Å². The highest BCUT2D eigenvalue weighted by atomic mass is 32.2. The van der Waals surface area contributed by atoms with Crippen molar-refractivity contribution < 1.29 is 13.2 Å². The van der Waals surface area contributed by atoms with E-state index in [1.165, 1.54) is 0 Å². The molecule has 3 rings (SSSR count). The van der Waals surface area contributed by atoms with E-state index in [1.54, 1.807) is 24.3 Å². The molecular weight excluding hydrogens is 346 g/mol. The van der Waals surface area contributed by atoms with Crippen LogP contribution in [0.2, 0.25) is 0 Å². The Morgan fingerprint density at radius 3 is 2.00 bits per heavy atom. The number of amides is 1. The first-order chi connectivity index (χ1) is 12.3. The Kier molecular flexibility index (Phi) is 5.47. The molecule has 1 aliphatic rings. The van der Waals surface area contributed by atoms with Crippen LogP contribution in [0.5, 0.6) is 0 Å². The van der Waals surface area contributed by atoms with Crippen molar-refractivity contribution in [2.45, 2.75) is 38.2 Å². The van der Waals surface area contributed by atoms with Crippen molar-refractivity contribution in [3.05, 3.63) is 70.3 Å². The number of hydrogen-bond donors (Lipinski definition) is 0. The van der Waals surface area contributed by atoms with E-state index in [1.807, 2.05) is 36.9 Å².